The van der Waals surface area contributed by atoms with Crippen LogP contribution in [0.5, 0.6) is 0 Å². The Morgan fingerprint density at radius 3 is 2.45 bits per heavy atom. The molecular weight excluding hydrogens is 270 g/mol. The topological polar surface area (TPSA) is 82.0 Å². The molecule has 0 unspecified atom stereocenters. The van der Waals surface area contributed by atoms with Gasteiger partial charge >= 0.3 is 0 Å². The summed E-state index contributed by atoms with van der Waals surface area (Å²) in [7, 11) is 0. The first-order chi connectivity index (χ1) is 9.47. The molecule has 1 aromatic heterocycles. The largest absolute Gasteiger partial charge is 0.397 e. The van der Waals surface area contributed by atoms with Crippen LogP contribution >= 0.6 is 11.8 Å². The molecule has 5 heteroatoms. The normalized spacial score (nSPS) is 10.8. The van der Waals surface area contributed by atoms with Crippen molar-refractivity contribution in [3.05, 3.63) is 47.7 Å². The second-order valence-electron chi connectivity index (χ2n) is 4.80. The fraction of sp³-hybridized carbons (Fsp3) is 0.200. The average Bonchev–Trinajstić information content (AvgIpc) is 2.41. The van der Waals surface area contributed by atoms with E-state index in [2.05, 4.69) is 31.0 Å². The summed E-state index contributed by atoms with van der Waals surface area (Å²) in [5.74, 6) is -0.0351. The maximum Gasteiger partial charge on any atom is 0.250 e. The van der Waals surface area contributed by atoms with Crippen LogP contribution < -0.4 is 11.5 Å². The second-order valence-corrected chi connectivity index (χ2v) is 5.89. The number of aromatic nitrogens is 1. The maximum absolute atomic E-state index is 11.3. The highest BCUT2D eigenvalue weighted by Gasteiger charge is 2.09. The number of carbonyl (C=O) groups is 1. The lowest BCUT2D eigenvalue weighted by Gasteiger charge is -2.07. The number of carbonyl (C=O) groups excluding carboxylic acids is 1. The lowest BCUT2D eigenvalue weighted by Crippen LogP contribution is -2.13. The van der Waals surface area contributed by atoms with E-state index in [1.165, 1.54) is 23.5 Å². The van der Waals surface area contributed by atoms with Crippen molar-refractivity contribution in [2.75, 3.05) is 5.73 Å². The van der Waals surface area contributed by atoms with Crippen molar-refractivity contribution < 1.29 is 4.79 Å². The standard InChI is InChI=1S/C15H17N3OS/c1-9(2)10-3-5-11(6-4-10)20-14-7-12(15(17)19)13(16)8-18-14/h3-9H,16H2,1-2H3,(H2,17,19). The number of pyridine rings is 1. The smallest absolute Gasteiger partial charge is 0.250 e. The summed E-state index contributed by atoms with van der Waals surface area (Å²) >= 11 is 1.47. The summed E-state index contributed by atoms with van der Waals surface area (Å²) in [6.07, 6.45) is 1.46. The van der Waals surface area contributed by atoms with Crippen LogP contribution in [0.1, 0.15) is 35.7 Å². The van der Waals surface area contributed by atoms with Gasteiger partial charge in [0.1, 0.15) is 5.03 Å². The third-order valence-electron chi connectivity index (χ3n) is 2.94. The molecule has 20 heavy (non-hydrogen) atoms. The fourth-order valence-electron chi connectivity index (χ4n) is 1.76. The van der Waals surface area contributed by atoms with E-state index in [-0.39, 0.29) is 0 Å². The van der Waals surface area contributed by atoms with E-state index in [1.54, 1.807) is 6.07 Å². The van der Waals surface area contributed by atoms with E-state index in [1.807, 2.05) is 12.1 Å². The number of rotatable bonds is 4. The van der Waals surface area contributed by atoms with Gasteiger partial charge in [0.25, 0.3) is 5.91 Å². The van der Waals surface area contributed by atoms with Gasteiger partial charge in [-0.15, -0.1) is 0 Å². The van der Waals surface area contributed by atoms with Gasteiger partial charge in [-0.2, -0.15) is 0 Å². The predicted octanol–water partition coefficient (Wildman–Crippen LogP) is 3.04. The second kappa shape index (κ2) is 5.96. The molecule has 0 aliphatic carbocycles. The van der Waals surface area contributed by atoms with Crippen LogP contribution in [0.3, 0.4) is 0 Å². The highest BCUT2D eigenvalue weighted by Crippen LogP contribution is 2.29. The van der Waals surface area contributed by atoms with Gasteiger partial charge in [-0.25, -0.2) is 4.98 Å². The molecule has 0 aliphatic rings. The number of nitrogens with two attached hydrogens (primary N) is 2. The van der Waals surface area contributed by atoms with Gasteiger partial charge < -0.3 is 11.5 Å². The van der Waals surface area contributed by atoms with Gasteiger partial charge in [0, 0.05) is 4.90 Å². The number of hydrogen-bond acceptors (Lipinski definition) is 4. The van der Waals surface area contributed by atoms with Crippen molar-refractivity contribution in [1.29, 1.82) is 0 Å². The zero-order valence-electron chi connectivity index (χ0n) is 11.5. The van der Waals surface area contributed by atoms with Crippen molar-refractivity contribution in [2.45, 2.75) is 29.7 Å². The van der Waals surface area contributed by atoms with Gasteiger partial charge in [-0.1, -0.05) is 37.7 Å². The summed E-state index contributed by atoms with van der Waals surface area (Å²) in [4.78, 5) is 16.5. The Morgan fingerprint density at radius 1 is 1.25 bits per heavy atom. The Hall–Kier alpha value is -2.01. The quantitative estimate of drug-likeness (QED) is 0.905. The zero-order chi connectivity index (χ0) is 14.7. The molecule has 0 radical (unpaired) electrons. The van der Waals surface area contributed by atoms with E-state index in [0.29, 0.717) is 22.2 Å². The van der Waals surface area contributed by atoms with Crippen LogP contribution in [-0.2, 0) is 0 Å². The zero-order valence-corrected chi connectivity index (χ0v) is 12.3. The molecule has 0 saturated heterocycles. The Balaban J connectivity index is 2.21. The van der Waals surface area contributed by atoms with Gasteiger partial charge in [0.15, 0.2) is 0 Å². The molecular formula is C15H17N3OS. The third kappa shape index (κ3) is 3.30. The lowest BCUT2D eigenvalue weighted by atomic mass is 10.0. The maximum atomic E-state index is 11.3. The van der Waals surface area contributed by atoms with E-state index < -0.39 is 5.91 Å². The summed E-state index contributed by atoms with van der Waals surface area (Å²) in [6, 6.07) is 9.90. The monoisotopic (exact) mass is 287 g/mol. The predicted molar refractivity (Wildman–Crippen MR) is 81.8 cm³/mol. The first-order valence-corrected chi connectivity index (χ1v) is 7.12. The molecule has 0 aliphatic heterocycles. The van der Waals surface area contributed by atoms with Crippen LogP contribution in [0.25, 0.3) is 0 Å². The number of anilines is 1. The minimum Gasteiger partial charge on any atom is -0.397 e. The fourth-order valence-corrected chi connectivity index (χ4v) is 2.55. The molecule has 0 atom stereocenters. The SMILES string of the molecule is CC(C)c1ccc(Sc2cc(C(N)=O)c(N)cn2)cc1. The van der Waals surface area contributed by atoms with E-state index >= 15 is 0 Å². The number of nitrogen functional groups attached to an aromatic ring is 1. The molecule has 0 spiro atoms. The van der Waals surface area contributed by atoms with Gasteiger partial charge in [0.05, 0.1) is 17.4 Å². The summed E-state index contributed by atoms with van der Waals surface area (Å²) in [5, 5.41) is 0.699. The molecule has 1 amide bonds. The van der Waals surface area contributed by atoms with Crippen LogP contribution in [0.4, 0.5) is 5.69 Å². The Bertz CT molecular complexity index is 624. The van der Waals surface area contributed by atoms with Crippen LogP contribution in [-0.4, -0.2) is 10.9 Å². The highest BCUT2D eigenvalue weighted by molar-refractivity contribution is 7.99. The number of benzene rings is 1. The minimum atomic E-state index is -0.540. The molecule has 0 saturated carbocycles. The third-order valence-corrected chi connectivity index (χ3v) is 3.88. The van der Waals surface area contributed by atoms with Gasteiger partial charge in [-0.3, -0.25) is 4.79 Å². The molecule has 4 N–H and O–H groups in total. The number of nitrogens with zero attached hydrogens (tertiary/aromatic N) is 1. The van der Waals surface area contributed by atoms with Crippen LogP contribution in [0, 0.1) is 0 Å². The molecule has 1 heterocycles. The summed E-state index contributed by atoms with van der Waals surface area (Å²) in [6.45, 7) is 4.31. The molecule has 104 valence electrons. The van der Waals surface area contributed by atoms with E-state index in [9.17, 15) is 4.79 Å². The van der Waals surface area contributed by atoms with Crippen LogP contribution in [0.15, 0.2) is 46.5 Å². The van der Waals surface area contributed by atoms with Crippen molar-refractivity contribution in [3.63, 3.8) is 0 Å². The number of hydrogen-bond donors (Lipinski definition) is 2. The van der Waals surface area contributed by atoms with Crippen LogP contribution in [0.2, 0.25) is 0 Å². The van der Waals surface area contributed by atoms with Gasteiger partial charge in [0.2, 0.25) is 0 Å². The van der Waals surface area contributed by atoms with E-state index in [4.69, 9.17) is 11.5 Å². The Morgan fingerprint density at radius 2 is 1.90 bits per heavy atom. The summed E-state index contributed by atoms with van der Waals surface area (Å²) in [5.41, 5.74) is 12.8. The first-order valence-electron chi connectivity index (χ1n) is 6.30. The van der Waals surface area contributed by atoms with Crippen molar-refractivity contribution in [2.24, 2.45) is 5.73 Å². The molecule has 2 rings (SSSR count). The minimum absolute atomic E-state index is 0.303. The van der Waals surface area contributed by atoms with Crippen molar-refractivity contribution in [1.82, 2.24) is 4.98 Å². The van der Waals surface area contributed by atoms with Gasteiger partial charge in [-0.05, 0) is 29.7 Å². The number of amides is 1. The average molecular weight is 287 g/mol. The highest BCUT2D eigenvalue weighted by atomic mass is 32.2. The molecule has 4 nitrogen and oxygen atoms in total. The lowest BCUT2D eigenvalue weighted by molar-refractivity contribution is 0.100. The Kier molecular flexibility index (Phi) is 4.29. The molecule has 0 bridgehead atoms. The molecule has 0 fully saturated rings. The first kappa shape index (κ1) is 14.4. The Labute approximate surface area is 122 Å². The van der Waals surface area contributed by atoms with Crippen molar-refractivity contribution >= 4 is 23.4 Å². The number of primary amides is 1. The molecule has 2 aromatic rings. The molecule has 1 aromatic carbocycles. The summed E-state index contributed by atoms with van der Waals surface area (Å²) < 4.78 is 0. The van der Waals surface area contributed by atoms with Crippen molar-refractivity contribution in [3.8, 4) is 0 Å². The van der Waals surface area contributed by atoms with E-state index in [0.717, 1.165) is 4.90 Å².